The number of pyridine rings is 1. The van der Waals surface area contributed by atoms with E-state index >= 15 is 0 Å². The van der Waals surface area contributed by atoms with Crippen LogP contribution in [-0.4, -0.2) is 39.2 Å². The molecular formula is C31H34N4O3. The maximum atomic E-state index is 13.0. The number of nitrogens with zero attached hydrogens (tertiary/aromatic N) is 3. The largest absolute Gasteiger partial charge is 0.490 e. The lowest BCUT2D eigenvalue weighted by molar-refractivity contribution is 0.0930. The molecule has 2 N–H and O–H groups in total. The second kappa shape index (κ2) is 11.9. The van der Waals surface area contributed by atoms with Crippen LogP contribution >= 0.6 is 0 Å². The van der Waals surface area contributed by atoms with Gasteiger partial charge in [-0.1, -0.05) is 44.2 Å². The van der Waals surface area contributed by atoms with Gasteiger partial charge in [0.15, 0.2) is 0 Å². The summed E-state index contributed by atoms with van der Waals surface area (Å²) in [6, 6.07) is 21.0. The van der Waals surface area contributed by atoms with Crippen molar-refractivity contribution in [2.24, 2.45) is 0 Å². The molecule has 0 aliphatic carbocycles. The lowest BCUT2D eigenvalue weighted by Gasteiger charge is -2.19. The van der Waals surface area contributed by atoms with E-state index in [1.54, 1.807) is 12.1 Å². The molecule has 1 amide bonds. The van der Waals surface area contributed by atoms with Crippen LogP contribution in [0, 0.1) is 11.3 Å². The molecule has 0 aliphatic rings. The lowest BCUT2D eigenvalue weighted by atomic mass is 10.0. The van der Waals surface area contributed by atoms with E-state index in [0.29, 0.717) is 35.6 Å². The van der Waals surface area contributed by atoms with E-state index in [0.717, 1.165) is 22.5 Å². The number of imidazole rings is 1. The SMILES string of the molecule is CC(C)Oc1ccc(C(=O)N[C@H](CCO)Cc2ccc(-c3cn4c(C(C)C)cccc4n3)cc2)cc1C#N. The molecule has 2 aromatic heterocycles. The number of benzene rings is 2. The number of ether oxygens (including phenoxy) is 1. The Hall–Kier alpha value is -4.15. The predicted octanol–water partition coefficient (Wildman–Crippen LogP) is 5.51. The van der Waals surface area contributed by atoms with Gasteiger partial charge in [0.2, 0.25) is 0 Å². The average Bonchev–Trinajstić information content (AvgIpc) is 3.33. The van der Waals surface area contributed by atoms with Crippen molar-refractivity contribution in [3.63, 3.8) is 0 Å². The van der Waals surface area contributed by atoms with Gasteiger partial charge in [-0.3, -0.25) is 4.79 Å². The number of hydrogen-bond acceptors (Lipinski definition) is 5. The molecule has 4 rings (SSSR count). The highest BCUT2D eigenvalue weighted by molar-refractivity contribution is 5.95. The molecule has 0 fully saturated rings. The van der Waals surface area contributed by atoms with Crippen molar-refractivity contribution in [1.29, 1.82) is 5.26 Å². The third kappa shape index (κ3) is 6.21. The van der Waals surface area contributed by atoms with Gasteiger partial charge in [0.25, 0.3) is 5.91 Å². The maximum Gasteiger partial charge on any atom is 0.251 e. The summed E-state index contributed by atoms with van der Waals surface area (Å²) in [5.41, 5.74) is 5.79. The maximum absolute atomic E-state index is 13.0. The van der Waals surface area contributed by atoms with E-state index in [4.69, 9.17) is 9.72 Å². The minimum atomic E-state index is -0.293. The third-order valence-corrected chi connectivity index (χ3v) is 6.38. The molecule has 1 atom stereocenters. The first-order chi connectivity index (χ1) is 18.3. The summed E-state index contributed by atoms with van der Waals surface area (Å²) in [4.78, 5) is 17.8. The van der Waals surface area contributed by atoms with Crippen molar-refractivity contribution < 1.29 is 14.6 Å². The molecule has 4 aromatic rings. The summed E-state index contributed by atoms with van der Waals surface area (Å²) in [5, 5.41) is 22.1. The van der Waals surface area contributed by atoms with Crippen molar-refractivity contribution in [1.82, 2.24) is 14.7 Å². The van der Waals surface area contributed by atoms with Gasteiger partial charge in [0, 0.05) is 35.7 Å². The second-order valence-corrected chi connectivity index (χ2v) is 10.0. The fraction of sp³-hybridized carbons (Fsp3) is 0.323. The van der Waals surface area contributed by atoms with Crippen molar-refractivity contribution in [3.8, 4) is 23.1 Å². The minimum absolute atomic E-state index is 0.0485. The zero-order chi connectivity index (χ0) is 27.2. The molecule has 0 aliphatic heterocycles. The van der Waals surface area contributed by atoms with E-state index in [9.17, 15) is 15.2 Å². The van der Waals surface area contributed by atoms with Gasteiger partial charge in [-0.05, 0) is 68.5 Å². The molecule has 7 heteroatoms. The smallest absolute Gasteiger partial charge is 0.251 e. The number of fused-ring (bicyclic) bond motifs is 1. The van der Waals surface area contributed by atoms with Crippen LogP contribution in [0.15, 0.2) is 66.9 Å². The Morgan fingerprint density at radius 1 is 1.11 bits per heavy atom. The van der Waals surface area contributed by atoms with Gasteiger partial charge in [0.05, 0.1) is 17.4 Å². The van der Waals surface area contributed by atoms with Crippen LogP contribution in [0.1, 0.15) is 67.2 Å². The molecule has 38 heavy (non-hydrogen) atoms. The van der Waals surface area contributed by atoms with Crippen LogP contribution in [0.25, 0.3) is 16.9 Å². The van der Waals surface area contributed by atoms with E-state index in [2.05, 4.69) is 41.9 Å². The van der Waals surface area contributed by atoms with Crippen LogP contribution in [0.4, 0.5) is 0 Å². The standard InChI is InChI=1S/C31H34N4O3/c1-20(2)28-6-5-7-30-34-27(19-35(28)30)23-10-8-22(9-11-23)16-26(14-15-36)33-31(37)24-12-13-29(38-21(3)4)25(17-24)18-32/h5-13,17,19-21,26,36H,14-16H2,1-4H3,(H,33,37)/t26-/m1/s1. The quantitative estimate of drug-likeness (QED) is 0.293. The highest BCUT2D eigenvalue weighted by Crippen LogP contribution is 2.24. The first-order valence-corrected chi connectivity index (χ1v) is 13.0. The summed E-state index contributed by atoms with van der Waals surface area (Å²) < 4.78 is 7.79. The summed E-state index contributed by atoms with van der Waals surface area (Å²) in [5.74, 6) is 0.551. The molecule has 2 aromatic carbocycles. The van der Waals surface area contributed by atoms with E-state index in [1.807, 2.05) is 50.2 Å². The highest BCUT2D eigenvalue weighted by Gasteiger charge is 2.17. The fourth-order valence-corrected chi connectivity index (χ4v) is 4.50. The van der Waals surface area contributed by atoms with Crippen LogP contribution in [0.3, 0.4) is 0 Å². The highest BCUT2D eigenvalue weighted by atomic mass is 16.5. The molecule has 196 valence electrons. The Kier molecular flexibility index (Phi) is 8.45. The molecule has 0 unspecified atom stereocenters. The number of hydrogen-bond donors (Lipinski definition) is 2. The summed E-state index contributed by atoms with van der Waals surface area (Å²) in [6.45, 7) is 8.06. The number of aromatic nitrogens is 2. The molecule has 0 spiro atoms. The number of carbonyl (C=O) groups excluding carboxylic acids is 1. The van der Waals surface area contributed by atoms with Crippen LogP contribution in [0.2, 0.25) is 0 Å². The predicted molar refractivity (Wildman–Crippen MR) is 148 cm³/mol. The normalized spacial score (nSPS) is 12.1. The Balaban J connectivity index is 1.47. The van der Waals surface area contributed by atoms with Gasteiger partial charge in [0.1, 0.15) is 17.5 Å². The van der Waals surface area contributed by atoms with Gasteiger partial charge in [-0.15, -0.1) is 0 Å². The van der Waals surface area contributed by atoms with Crippen LogP contribution < -0.4 is 10.1 Å². The van der Waals surface area contributed by atoms with Crippen molar-refractivity contribution in [3.05, 3.63) is 89.2 Å². The number of carbonyl (C=O) groups is 1. The summed E-state index contributed by atoms with van der Waals surface area (Å²) in [6.07, 6.45) is 2.97. The van der Waals surface area contributed by atoms with Crippen LogP contribution in [-0.2, 0) is 6.42 Å². The molecule has 0 radical (unpaired) electrons. The molecule has 0 bridgehead atoms. The third-order valence-electron chi connectivity index (χ3n) is 6.38. The molecular weight excluding hydrogens is 476 g/mol. The van der Waals surface area contributed by atoms with Crippen molar-refractivity contribution in [2.45, 2.75) is 58.6 Å². The molecule has 7 nitrogen and oxygen atoms in total. The van der Waals surface area contributed by atoms with Crippen molar-refractivity contribution in [2.75, 3.05) is 6.61 Å². The Morgan fingerprint density at radius 2 is 1.87 bits per heavy atom. The van der Waals surface area contributed by atoms with Gasteiger partial charge in [-0.25, -0.2) is 4.98 Å². The van der Waals surface area contributed by atoms with Gasteiger partial charge >= 0.3 is 0 Å². The number of nitrogens with one attached hydrogen (secondary N) is 1. The zero-order valence-electron chi connectivity index (χ0n) is 22.3. The number of rotatable bonds is 10. The molecule has 0 saturated heterocycles. The molecule has 0 saturated carbocycles. The summed E-state index contributed by atoms with van der Waals surface area (Å²) in [7, 11) is 0. The average molecular weight is 511 g/mol. The lowest BCUT2D eigenvalue weighted by Crippen LogP contribution is -2.37. The van der Waals surface area contributed by atoms with Crippen molar-refractivity contribution >= 4 is 11.6 Å². The number of aliphatic hydroxyl groups is 1. The van der Waals surface area contributed by atoms with E-state index < -0.39 is 0 Å². The van der Waals surface area contributed by atoms with E-state index in [-0.39, 0.29) is 24.7 Å². The van der Waals surface area contributed by atoms with Gasteiger partial charge < -0.3 is 19.6 Å². The number of aliphatic hydroxyl groups excluding tert-OH is 1. The van der Waals surface area contributed by atoms with Gasteiger partial charge in [-0.2, -0.15) is 5.26 Å². The molecule has 2 heterocycles. The monoisotopic (exact) mass is 510 g/mol. The minimum Gasteiger partial charge on any atom is -0.490 e. The fourth-order valence-electron chi connectivity index (χ4n) is 4.50. The first kappa shape index (κ1) is 26.9. The van der Waals surface area contributed by atoms with E-state index in [1.165, 1.54) is 11.8 Å². The topological polar surface area (TPSA) is 99.7 Å². The number of amides is 1. The Bertz CT molecular complexity index is 1450. The Labute approximate surface area is 223 Å². The summed E-state index contributed by atoms with van der Waals surface area (Å²) >= 11 is 0. The first-order valence-electron chi connectivity index (χ1n) is 13.0. The number of nitriles is 1. The second-order valence-electron chi connectivity index (χ2n) is 10.0. The van der Waals surface area contributed by atoms with Crippen LogP contribution in [0.5, 0.6) is 5.75 Å². The zero-order valence-corrected chi connectivity index (χ0v) is 22.3. The Morgan fingerprint density at radius 3 is 2.53 bits per heavy atom.